The normalized spacial score (nSPS) is 11.8. The van der Waals surface area contributed by atoms with Crippen molar-refractivity contribution in [3.8, 4) is 0 Å². The highest BCUT2D eigenvalue weighted by Gasteiger charge is 2.41. The van der Waals surface area contributed by atoms with E-state index in [1.807, 2.05) is 126 Å². The number of fused-ring (bicyclic) bond motifs is 2. The van der Waals surface area contributed by atoms with E-state index in [9.17, 15) is 9.90 Å². The van der Waals surface area contributed by atoms with E-state index in [0.29, 0.717) is 16.6 Å². The van der Waals surface area contributed by atoms with E-state index >= 15 is 4.39 Å². The number of carboxylic acid groups (broad SMARTS) is 1. The molecule has 0 spiro atoms. The SMILES string of the molecule is O=C(O)c1cc2c(C=Cc3ccc4ccccc4c3)nn(C(c3ccccc3)(c3ccccc3)c3ccccc3)c2cc1F. The number of aromatic nitrogens is 2. The zero-order valence-electron chi connectivity index (χ0n) is 23.6. The number of carboxylic acids is 1. The number of hydrogen-bond acceptors (Lipinski definition) is 2. The van der Waals surface area contributed by atoms with Gasteiger partial charge in [0.05, 0.1) is 16.8 Å². The smallest absolute Gasteiger partial charge is 0.338 e. The average Bonchev–Trinajstić information content (AvgIpc) is 3.42. The lowest BCUT2D eigenvalue weighted by atomic mass is 9.77. The van der Waals surface area contributed by atoms with E-state index in [0.717, 1.165) is 33.0 Å². The molecule has 0 aliphatic carbocycles. The van der Waals surface area contributed by atoms with Crippen LogP contribution in [0.2, 0.25) is 0 Å². The number of halogens is 1. The number of carbonyl (C=O) groups is 1. The van der Waals surface area contributed by atoms with Gasteiger partial charge in [0.1, 0.15) is 11.4 Å². The molecule has 1 N–H and O–H groups in total. The van der Waals surface area contributed by atoms with Gasteiger partial charge in [-0.3, -0.25) is 0 Å². The molecule has 1 heterocycles. The van der Waals surface area contributed by atoms with Crippen molar-refractivity contribution < 1.29 is 14.3 Å². The molecular weight excluding hydrogens is 547 g/mol. The summed E-state index contributed by atoms with van der Waals surface area (Å²) in [5.41, 5.74) is 3.34. The van der Waals surface area contributed by atoms with Crippen molar-refractivity contribution in [3.63, 3.8) is 0 Å². The summed E-state index contributed by atoms with van der Waals surface area (Å²) in [5, 5.41) is 17.8. The molecule has 0 radical (unpaired) electrons. The summed E-state index contributed by atoms with van der Waals surface area (Å²) in [6, 6.07) is 47.0. The van der Waals surface area contributed by atoms with E-state index in [2.05, 4.69) is 24.3 Å². The molecular formula is C39H27FN2O2. The van der Waals surface area contributed by atoms with Crippen LogP contribution < -0.4 is 0 Å². The molecule has 0 aliphatic heterocycles. The quantitative estimate of drug-likeness (QED) is 0.193. The van der Waals surface area contributed by atoms with Crippen molar-refractivity contribution in [2.75, 3.05) is 0 Å². The van der Waals surface area contributed by atoms with Crippen molar-refractivity contribution in [2.24, 2.45) is 0 Å². The van der Waals surface area contributed by atoms with Gasteiger partial charge in [-0.15, -0.1) is 0 Å². The molecule has 0 aliphatic rings. The predicted molar refractivity (Wildman–Crippen MR) is 174 cm³/mol. The van der Waals surface area contributed by atoms with Gasteiger partial charge in [-0.05, 0) is 51.2 Å². The van der Waals surface area contributed by atoms with Gasteiger partial charge in [-0.1, -0.05) is 133 Å². The maximum atomic E-state index is 15.5. The molecule has 4 nitrogen and oxygen atoms in total. The summed E-state index contributed by atoms with van der Waals surface area (Å²) in [4.78, 5) is 12.1. The molecule has 5 heteroatoms. The van der Waals surface area contributed by atoms with Gasteiger partial charge < -0.3 is 5.11 Å². The molecule has 0 saturated carbocycles. The van der Waals surface area contributed by atoms with E-state index < -0.39 is 22.9 Å². The van der Waals surface area contributed by atoms with Crippen LogP contribution in [0.25, 0.3) is 33.8 Å². The molecule has 7 aromatic rings. The van der Waals surface area contributed by atoms with Gasteiger partial charge in [-0.2, -0.15) is 5.10 Å². The lowest BCUT2D eigenvalue weighted by Crippen LogP contribution is -2.38. The minimum absolute atomic E-state index is 0.401. The third-order valence-corrected chi connectivity index (χ3v) is 8.13. The number of aromatic carboxylic acids is 1. The first-order chi connectivity index (χ1) is 21.6. The van der Waals surface area contributed by atoms with Crippen molar-refractivity contribution >= 4 is 39.8 Å². The first-order valence-electron chi connectivity index (χ1n) is 14.4. The Bertz CT molecular complexity index is 2060. The van der Waals surface area contributed by atoms with E-state index in [-0.39, 0.29) is 0 Å². The summed E-state index contributed by atoms with van der Waals surface area (Å²) >= 11 is 0. The molecule has 0 amide bonds. The Balaban J connectivity index is 1.55. The summed E-state index contributed by atoms with van der Waals surface area (Å²) in [6.45, 7) is 0. The molecule has 0 atom stereocenters. The molecule has 0 saturated heterocycles. The van der Waals surface area contributed by atoms with Crippen LogP contribution in [0.4, 0.5) is 4.39 Å². The molecule has 44 heavy (non-hydrogen) atoms. The third-order valence-electron chi connectivity index (χ3n) is 8.13. The Kier molecular flexibility index (Phi) is 6.83. The summed E-state index contributed by atoms with van der Waals surface area (Å²) in [7, 11) is 0. The number of rotatable bonds is 7. The van der Waals surface area contributed by atoms with E-state index in [1.54, 1.807) is 0 Å². The van der Waals surface area contributed by atoms with Crippen LogP contribution in [-0.2, 0) is 5.54 Å². The van der Waals surface area contributed by atoms with Gasteiger partial charge in [0.2, 0.25) is 0 Å². The summed E-state index contributed by atoms with van der Waals surface area (Å²) < 4.78 is 17.4. The molecule has 212 valence electrons. The Hall–Kier alpha value is -5.81. The van der Waals surface area contributed by atoms with Gasteiger partial charge in [0, 0.05) is 11.5 Å². The van der Waals surface area contributed by atoms with Gasteiger partial charge in [-0.25, -0.2) is 13.9 Å². The summed E-state index contributed by atoms with van der Waals surface area (Å²) in [6.07, 6.45) is 3.83. The first kappa shape index (κ1) is 27.0. The second-order valence-electron chi connectivity index (χ2n) is 10.7. The highest BCUT2D eigenvalue weighted by molar-refractivity contribution is 5.98. The van der Waals surface area contributed by atoms with Crippen LogP contribution >= 0.6 is 0 Å². The van der Waals surface area contributed by atoms with E-state index in [1.165, 1.54) is 12.1 Å². The fourth-order valence-electron chi connectivity index (χ4n) is 6.09. The zero-order chi connectivity index (χ0) is 30.1. The molecule has 6 aromatic carbocycles. The van der Waals surface area contributed by atoms with Gasteiger partial charge in [0.25, 0.3) is 0 Å². The Morgan fingerprint density at radius 3 is 1.77 bits per heavy atom. The Morgan fingerprint density at radius 2 is 1.20 bits per heavy atom. The van der Waals surface area contributed by atoms with Gasteiger partial charge in [0.15, 0.2) is 0 Å². The van der Waals surface area contributed by atoms with E-state index in [4.69, 9.17) is 5.10 Å². The number of benzene rings is 6. The zero-order valence-corrected chi connectivity index (χ0v) is 23.6. The van der Waals surface area contributed by atoms with Crippen LogP contribution in [0.15, 0.2) is 146 Å². The van der Waals surface area contributed by atoms with Crippen LogP contribution in [0.5, 0.6) is 0 Å². The van der Waals surface area contributed by atoms with Crippen LogP contribution in [0.3, 0.4) is 0 Å². The first-order valence-corrected chi connectivity index (χ1v) is 14.4. The molecule has 0 unspecified atom stereocenters. The van der Waals surface area contributed by atoms with Crippen molar-refractivity contribution in [3.05, 3.63) is 185 Å². The minimum Gasteiger partial charge on any atom is -0.478 e. The van der Waals surface area contributed by atoms with Crippen LogP contribution in [-0.4, -0.2) is 20.9 Å². The maximum Gasteiger partial charge on any atom is 0.338 e. The fourth-order valence-corrected chi connectivity index (χ4v) is 6.09. The third kappa shape index (κ3) is 4.56. The monoisotopic (exact) mass is 574 g/mol. The number of hydrogen-bond donors (Lipinski definition) is 1. The molecule has 7 rings (SSSR count). The molecule has 1 aromatic heterocycles. The lowest BCUT2D eigenvalue weighted by Gasteiger charge is -2.37. The highest BCUT2D eigenvalue weighted by Crippen LogP contribution is 2.43. The second kappa shape index (κ2) is 11.1. The molecule has 0 fully saturated rings. The Labute approximate surface area is 254 Å². The van der Waals surface area contributed by atoms with Gasteiger partial charge >= 0.3 is 5.97 Å². The van der Waals surface area contributed by atoms with Crippen molar-refractivity contribution in [1.29, 1.82) is 0 Å². The minimum atomic E-state index is -1.33. The van der Waals surface area contributed by atoms with Crippen LogP contribution in [0, 0.1) is 5.82 Å². The topological polar surface area (TPSA) is 55.1 Å². The average molecular weight is 575 g/mol. The molecule has 0 bridgehead atoms. The summed E-state index contributed by atoms with van der Waals surface area (Å²) in [5.74, 6) is -2.15. The predicted octanol–water partition coefficient (Wildman–Crippen LogP) is 9.04. The van der Waals surface area contributed by atoms with Crippen molar-refractivity contribution in [1.82, 2.24) is 9.78 Å². The number of nitrogens with zero attached hydrogens (tertiary/aromatic N) is 2. The highest BCUT2D eigenvalue weighted by atomic mass is 19.1. The largest absolute Gasteiger partial charge is 0.478 e. The van der Waals surface area contributed by atoms with Crippen molar-refractivity contribution in [2.45, 2.75) is 5.54 Å². The van der Waals surface area contributed by atoms with Crippen LogP contribution in [0.1, 0.15) is 38.3 Å². The fraction of sp³-hybridized carbons (Fsp3) is 0.0256. The second-order valence-corrected chi connectivity index (χ2v) is 10.7. The maximum absolute atomic E-state index is 15.5. The standard InChI is InChI=1S/C39H27FN2O2/c40-35-26-37-34(25-33(35)38(43)44)36(23-21-27-20-22-28-12-10-11-13-29(28)24-27)41-42(37)39(30-14-4-1-5-15-30,31-16-6-2-7-17-31)32-18-8-3-9-19-32/h1-26H,(H,43,44). The lowest BCUT2D eigenvalue weighted by molar-refractivity contribution is 0.0692. The Morgan fingerprint density at radius 1 is 0.659 bits per heavy atom.